The Hall–Kier alpha value is -3.07. The summed E-state index contributed by atoms with van der Waals surface area (Å²) in [6, 6.07) is -0.870. The van der Waals surface area contributed by atoms with Crippen LogP contribution in [0.2, 0.25) is 0 Å². The molecule has 0 aromatic heterocycles. The summed E-state index contributed by atoms with van der Waals surface area (Å²) in [5.74, 6) is -0.544. The van der Waals surface area contributed by atoms with E-state index in [2.05, 4.69) is 111 Å². The average Bonchev–Trinajstić information content (AvgIpc) is 3.44. The van der Waals surface area contributed by atoms with E-state index in [0.29, 0.717) is 23.9 Å². The van der Waals surface area contributed by atoms with Gasteiger partial charge in [0.15, 0.2) is 0 Å². The van der Waals surface area contributed by atoms with Gasteiger partial charge in [-0.3, -0.25) is 18.6 Å². The van der Waals surface area contributed by atoms with Crippen LogP contribution in [-0.2, 0) is 27.9 Å². The Morgan fingerprint density at radius 1 is 0.432 bits per heavy atom. The molecule has 2 N–H and O–H groups in total. The predicted molar refractivity (Wildman–Crippen MR) is 350 cm³/mol. The number of phosphoric acid groups is 1. The van der Waals surface area contributed by atoms with Crippen LogP contribution in [0.25, 0.3) is 0 Å². The van der Waals surface area contributed by atoms with E-state index < -0.39 is 20.0 Å². The fraction of sp³-hybridized carbons (Fsp3) is 0.746. The quantitative estimate of drug-likeness (QED) is 0.0205. The number of nitrogens with zero attached hydrogens (tertiary/aromatic N) is 1. The van der Waals surface area contributed by atoms with Crippen LogP contribution < -0.4 is 5.32 Å². The van der Waals surface area contributed by atoms with Crippen molar-refractivity contribution in [1.82, 2.24) is 5.32 Å². The molecule has 0 fully saturated rings. The molecule has 0 radical (unpaired) electrons. The van der Waals surface area contributed by atoms with Gasteiger partial charge in [0, 0.05) is 12.8 Å². The SMILES string of the molecule is CCCCC/C=C\C/C=C\C/C=C\C/C=C\CCCCCC(=O)OC(/C=C\CCCCCCCCCCCCC)C(COP(=O)(O)OCC[N+](C)(C)C)NC(=O)CCCCCCCCCCCC/C=C\C/C=C\C/C=C\CCCCC. The molecule has 0 aromatic rings. The number of hydrogen-bond acceptors (Lipinski definition) is 6. The van der Waals surface area contributed by atoms with Gasteiger partial charge in [0.25, 0.3) is 0 Å². The summed E-state index contributed by atoms with van der Waals surface area (Å²) in [5, 5.41) is 3.06. The Balaban J connectivity index is 5.26. The average molecular weight is 1150 g/mol. The van der Waals surface area contributed by atoms with Crippen molar-refractivity contribution >= 4 is 19.7 Å². The van der Waals surface area contributed by atoms with Gasteiger partial charge >= 0.3 is 13.8 Å². The molecule has 1 amide bonds. The second kappa shape index (κ2) is 60.1. The molecule has 9 nitrogen and oxygen atoms in total. The van der Waals surface area contributed by atoms with Crippen molar-refractivity contribution in [3.8, 4) is 0 Å². The number of amides is 1. The number of carbonyl (C=O) groups is 2. The summed E-state index contributed by atoms with van der Waals surface area (Å²) in [6.45, 7) is 6.94. The molecular formula is C71H128N2O7P+. The maximum absolute atomic E-state index is 13.6. The lowest BCUT2D eigenvalue weighted by molar-refractivity contribution is -0.870. The highest BCUT2D eigenvalue weighted by molar-refractivity contribution is 7.47. The number of nitrogens with one attached hydrogen (secondary N) is 1. The maximum atomic E-state index is 13.6. The number of quaternary nitrogens is 1. The maximum Gasteiger partial charge on any atom is 0.472 e. The first-order chi connectivity index (χ1) is 39.4. The molecule has 0 saturated heterocycles. The molecule has 0 aliphatic carbocycles. The van der Waals surface area contributed by atoms with Crippen molar-refractivity contribution < 1.29 is 37.3 Å². The number of likely N-dealkylation sites (N-methyl/N-ethyl adjacent to an activating group) is 1. The Morgan fingerprint density at radius 2 is 0.753 bits per heavy atom. The standard InChI is InChI=1S/C71H127N2O7P/c1-7-10-13-16-19-22-25-28-30-32-34-35-36-37-39-40-42-45-48-51-54-57-60-63-70(74)72-68(67-79-81(76,77)78-66-65-73(4,5)6)69(62-59-56-53-50-47-44-27-24-21-18-15-12-9-3)80-71(75)64-61-58-55-52-49-46-43-41-38-33-31-29-26-23-20-17-14-11-8-2/h19-20,22-23,28-31,34-35,38,41,46,49,59,62,68-69H,7-18,21,24-27,32-33,36-37,39-40,42-45,47-48,50-58,60-61,63-67H2,1-6H3,(H-,72,74,76,77)/p+1/b22-19-,23-20-,30-28-,31-29-,35-34-,41-38-,49-46-,62-59-. The first-order valence-electron chi connectivity index (χ1n) is 33.6. The van der Waals surface area contributed by atoms with Crippen LogP contribution in [-0.4, -0.2) is 74.3 Å². The Kier molecular flexibility index (Phi) is 57.8. The van der Waals surface area contributed by atoms with Crippen LogP contribution >= 0.6 is 7.82 Å². The van der Waals surface area contributed by atoms with Crippen LogP contribution in [0.15, 0.2) is 97.2 Å². The van der Waals surface area contributed by atoms with Crippen LogP contribution in [0.1, 0.15) is 290 Å². The lowest BCUT2D eigenvalue weighted by atomic mass is 10.0. The molecule has 0 rings (SSSR count). The summed E-state index contributed by atoms with van der Waals surface area (Å²) < 4.78 is 30.8. The molecule has 0 spiro atoms. The minimum Gasteiger partial charge on any atom is -0.456 e. The smallest absolute Gasteiger partial charge is 0.456 e. The topological polar surface area (TPSA) is 111 Å². The molecule has 0 heterocycles. The molecular weight excluding hydrogens is 1020 g/mol. The summed E-state index contributed by atoms with van der Waals surface area (Å²) in [6.07, 6.45) is 81.2. The number of rotatable bonds is 60. The van der Waals surface area contributed by atoms with Gasteiger partial charge in [-0.15, -0.1) is 0 Å². The normalized spacial score (nSPS) is 14.2. The van der Waals surface area contributed by atoms with Crippen molar-refractivity contribution in [2.75, 3.05) is 40.9 Å². The third kappa shape index (κ3) is 61.3. The lowest BCUT2D eigenvalue weighted by Crippen LogP contribution is -2.47. The van der Waals surface area contributed by atoms with E-state index in [9.17, 15) is 19.0 Å². The molecule has 0 saturated carbocycles. The number of phosphoric ester groups is 1. The van der Waals surface area contributed by atoms with Gasteiger partial charge in [0.1, 0.15) is 19.3 Å². The van der Waals surface area contributed by atoms with Gasteiger partial charge in [0.05, 0.1) is 33.8 Å². The minimum absolute atomic E-state index is 0.0301. The Morgan fingerprint density at radius 3 is 1.16 bits per heavy atom. The zero-order chi connectivity index (χ0) is 59.3. The third-order valence-corrected chi connectivity index (χ3v) is 15.5. The molecule has 0 aromatic carbocycles. The number of esters is 1. The molecule has 10 heteroatoms. The summed E-state index contributed by atoms with van der Waals surface area (Å²) in [5.41, 5.74) is 0. The van der Waals surface area contributed by atoms with Gasteiger partial charge < -0.3 is 19.4 Å². The van der Waals surface area contributed by atoms with Gasteiger partial charge in [-0.2, -0.15) is 0 Å². The summed E-state index contributed by atoms with van der Waals surface area (Å²) in [7, 11) is 1.47. The molecule has 3 atom stereocenters. The first kappa shape index (κ1) is 77.9. The summed E-state index contributed by atoms with van der Waals surface area (Å²) in [4.78, 5) is 37.8. The van der Waals surface area contributed by atoms with Crippen LogP contribution in [0.4, 0.5) is 0 Å². The molecule has 0 aliphatic rings. The zero-order valence-corrected chi connectivity index (χ0v) is 54.4. The second-order valence-corrected chi connectivity index (χ2v) is 25.1. The van der Waals surface area contributed by atoms with Crippen LogP contribution in [0.3, 0.4) is 0 Å². The minimum atomic E-state index is -4.47. The zero-order valence-electron chi connectivity index (χ0n) is 53.5. The molecule has 0 aliphatic heterocycles. The largest absolute Gasteiger partial charge is 0.472 e. The van der Waals surface area contributed by atoms with Crippen molar-refractivity contribution in [2.24, 2.45) is 0 Å². The van der Waals surface area contributed by atoms with E-state index in [1.54, 1.807) is 0 Å². The fourth-order valence-corrected chi connectivity index (χ4v) is 10.0. The predicted octanol–water partition coefficient (Wildman–Crippen LogP) is 21.1. The van der Waals surface area contributed by atoms with Crippen LogP contribution in [0, 0.1) is 0 Å². The molecule has 468 valence electrons. The number of allylic oxidation sites excluding steroid dienone is 15. The highest BCUT2D eigenvalue weighted by atomic mass is 31.2. The van der Waals surface area contributed by atoms with E-state index >= 15 is 0 Å². The molecule has 81 heavy (non-hydrogen) atoms. The highest BCUT2D eigenvalue weighted by Gasteiger charge is 2.30. The van der Waals surface area contributed by atoms with Crippen molar-refractivity contribution in [2.45, 2.75) is 303 Å². The lowest BCUT2D eigenvalue weighted by Gasteiger charge is -2.27. The highest BCUT2D eigenvalue weighted by Crippen LogP contribution is 2.43. The van der Waals surface area contributed by atoms with Gasteiger partial charge in [-0.1, -0.05) is 260 Å². The van der Waals surface area contributed by atoms with Crippen molar-refractivity contribution in [1.29, 1.82) is 0 Å². The number of hydrogen-bond donors (Lipinski definition) is 2. The van der Waals surface area contributed by atoms with E-state index in [1.165, 1.54) is 148 Å². The Labute approximate surface area is 500 Å². The third-order valence-electron chi connectivity index (χ3n) is 14.5. The van der Waals surface area contributed by atoms with E-state index in [1.807, 2.05) is 33.3 Å². The van der Waals surface area contributed by atoms with Gasteiger partial charge in [0.2, 0.25) is 5.91 Å². The van der Waals surface area contributed by atoms with Crippen LogP contribution in [0.5, 0.6) is 0 Å². The number of carbonyl (C=O) groups excluding carboxylic acids is 2. The number of ether oxygens (including phenoxy) is 1. The fourth-order valence-electron chi connectivity index (χ4n) is 9.28. The summed E-state index contributed by atoms with van der Waals surface area (Å²) >= 11 is 0. The molecule has 3 unspecified atom stereocenters. The van der Waals surface area contributed by atoms with Crippen molar-refractivity contribution in [3.05, 3.63) is 97.2 Å². The van der Waals surface area contributed by atoms with Gasteiger partial charge in [-0.25, -0.2) is 4.57 Å². The van der Waals surface area contributed by atoms with E-state index in [0.717, 1.165) is 103 Å². The number of unbranched alkanes of at least 4 members (excludes halogenated alkanes) is 30. The second-order valence-electron chi connectivity index (χ2n) is 23.6. The monoisotopic (exact) mass is 1150 g/mol. The van der Waals surface area contributed by atoms with Gasteiger partial charge in [-0.05, 0) is 115 Å². The van der Waals surface area contributed by atoms with E-state index in [-0.39, 0.29) is 31.5 Å². The first-order valence-corrected chi connectivity index (χ1v) is 35.1. The van der Waals surface area contributed by atoms with Crippen molar-refractivity contribution in [3.63, 3.8) is 0 Å². The molecule has 0 bridgehead atoms. The Bertz CT molecular complexity index is 1710. The van der Waals surface area contributed by atoms with E-state index in [4.69, 9.17) is 13.8 Å².